The van der Waals surface area contributed by atoms with Gasteiger partial charge >= 0.3 is 6.03 Å². The molecule has 8 heteroatoms. The molecule has 166 valence electrons. The number of barbiturate groups is 1. The van der Waals surface area contributed by atoms with Crippen LogP contribution in [0, 0.1) is 12.7 Å². The minimum absolute atomic E-state index is 0.237. The lowest BCUT2D eigenvalue weighted by Gasteiger charge is -2.26. The summed E-state index contributed by atoms with van der Waals surface area (Å²) in [4.78, 5) is 38.1. The van der Waals surface area contributed by atoms with Crippen LogP contribution in [0.25, 0.3) is 6.08 Å². The molecule has 33 heavy (non-hydrogen) atoms. The van der Waals surface area contributed by atoms with Gasteiger partial charge in [0.25, 0.3) is 11.8 Å². The molecule has 0 spiro atoms. The number of para-hydroxylation sites is 1. The Bertz CT molecular complexity index is 1290. The normalized spacial score (nSPS) is 15.1. The van der Waals surface area contributed by atoms with Crippen molar-refractivity contribution in [1.29, 1.82) is 0 Å². The number of carbonyl (C=O) groups is 3. The number of hydrogen-bond donors (Lipinski definition) is 1. The summed E-state index contributed by atoms with van der Waals surface area (Å²) >= 11 is 3.44. The average Bonchev–Trinajstić information content (AvgIpc) is 2.78. The van der Waals surface area contributed by atoms with E-state index in [9.17, 15) is 18.8 Å². The number of halogens is 2. The van der Waals surface area contributed by atoms with E-state index in [-0.39, 0.29) is 11.3 Å². The molecule has 1 aliphatic heterocycles. The Morgan fingerprint density at radius 2 is 1.76 bits per heavy atom. The fraction of sp³-hybridized carbons (Fsp3) is 0.0800. The Hall–Kier alpha value is -3.78. The second-order valence-electron chi connectivity index (χ2n) is 7.37. The summed E-state index contributed by atoms with van der Waals surface area (Å²) < 4.78 is 20.6. The first-order valence-corrected chi connectivity index (χ1v) is 10.8. The fourth-order valence-corrected chi connectivity index (χ4v) is 3.76. The minimum atomic E-state index is -1.01. The molecule has 6 nitrogen and oxygen atoms in total. The summed E-state index contributed by atoms with van der Waals surface area (Å²) in [6, 6.07) is 17.4. The molecular formula is C25H18BrFN2O4. The number of imide groups is 2. The quantitative estimate of drug-likeness (QED) is 0.382. The van der Waals surface area contributed by atoms with E-state index in [1.54, 1.807) is 18.2 Å². The van der Waals surface area contributed by atoms with Crippen molar-refractivity contribution in [2.24, 2.45) is 0 Å². The van der Waals surface area contributed by atoms with Gasteiger partial charge in [-0.1, -0.05) is 48.0 Å². The van der Waals surface area contributed by atoms with E-state index in [0.717, 1.165) is 17.2 Å². The van der Waals surface area contributed by atoms with Crippen LogP contribution in [-0.2, 0) is 16.2 Å². The Kier molecular flexibility index (Phi) is 6.37. The van der Waals surface area contributed by atoms with Crippen molar-refractivity contribution in [2.75, 3.05) is 4.90 Å². The van der Waals surface area contributed by atoms with Crippen LogP contribution in [0.5, 0.6) is 5.75 Å². The number of hydrogen-bond acceptors (Lipinski definition) is 4. The molecule has 0 saturated carbocycles. The van der Waals surface area contributed by atoms with Crippen molar-refractivity contribution in [2.45, 2.75) is 13.5 Å². The number of nitrogens with one attached hydrogen (secondary N) is 1. The molecule has 1 saturated heterocycles. The van der Waals surface area contributed by atoms with Crippen LogP contribution >= 0.6 is 15.9 Å². The highest BCUT2D eigenvalue weighted by Crippen LogP contribution is 2.29. The van der Waals surface area contributed by atoms with Gasteiger partial charge in [0.15, 0.2) is 0 Å². The third kappa shape index (κ3) is 4.85. The summed E-state index contributed by atoms with van der Waals surface area (Å²) in [7, 11) is 0. The van der Waals surface area contributed by atoms with Crippen LogP contribution in [0.15, 0.2) is 76.8 Å². The zero-order chi connectivity index (χ0) is 23.5. The largest absolute Gasteiger partial charge is 0.488 e. The zero-order valence-corrected chi connectivity index (χ0v) is 19.1. The molecule has 0 aliphatic carbocycles. The summed E-state index contributed by atoms with van der Waals surface area (Å²) in [5, 5.41) is 2.08. The fourth-order valence-electron chi connectivity index (χ4n) is 3.25. The van der Waals surface area contributed by atoms with Gasteiger partial charge in [-0.3, -0.25) is 14.9 Å². The molecule has 3 aromatic carbocycles. The number of urea groups is 1. The molecule has 3 aromatic rings. The number of benzene rings is 3. The molecule has 1 fully saturated rings. The maximum atomic E-state index is 14.2. The Balaban J connectivity index is 1.57. The molecule has 1 aliphatic rings. The lowest BCUT2D eigenvalue weighted by molar-refractivity contribution is -0.122. The number of carbonyl (C=O) groups excluding carboxylic acids is 3. The van der Waals surface area contributed by atoms with Crippen molar-refractivity contribution < 1.29 is 23.5 Å². The molecule has 0 radical (unpaired) electrons. The minimum Gasteiger partial charge on any atom is -0.488 e. The Labute approximate surface area is 197 Å². The van der Waals surface area contributed by atoms with Crippen LogP contribution in [0.3, 0.4) is 0 Å². The van der Waals surface area contributed by atoms with E-state index >= 15 is 0 Å². The van der Waals surface area contributed by atoms with Gasteiger partial charge < -0.3 is 4.74 Å². The van der Waals surface area contributed by atoms with E-state index < -0.39 is 23.7 Å². The highest BCUT2D eigenvalue weighted by Gasteiger charge is 2.37. The molecule has 0 atom stereocenters. The molecule has 4 rings (SSSR count). The van der Waals surface area contributed by atoms with Gasteiger partial charge in [-0.15, -0.1) is 0 Å². The topological polar surface area (TPSA) is 75.7 Å². The predicted molar refractivity (Wildman–Crippen MR) is 125 cm³/mol. The first-order valence-electron chi connectivity index (χ1n) is 9.97. The van der Waals surface area contributed by atoms with Gasteiger partial charge in [0, 0.05) is 0 Å². The van der Waals surface area contributed by atoms with Gasteiger partial charge in [-0.2, -0.15) is 0 Å². The summed E-state index contributed by atoms with van der Waals surface area (Å²) in [6.45, 7) is 2.39. The molecule has 0 aromatic heterocycles. The lowest BCUT2D eigenvalue weighted by Crippen LogP contribution is -2.54. The van der Waals surface area contributed by atoms with E-state index in [2.05, 4.69) is 21.2 Å². The predicted octanol–water partition coefficient (Wildman–Crippen LogP) is 5.14. The average molecular weight is 509 g/mol. The van der Waals surface area contributed by atoms with Gasteiger partial charge in [-0.05, 0) is 64.3 Å². The van der Waals surface area contributed by atoms with E-state index in [1.807, 2.05) is 31.2 Å². The van der Waals surface area contributed by atoms with Gasteiger partial charge in [0.1, 0.15) is 23.7 Å². The highest BCUT2D eigenvalue weighted by molar-refractivity contribution is 9.10. The number of rotatable bonds is 5. The maximum absolute atomic E-state index is 14.2. The van der Waals surface area contributed by atoms with Gasteiger partial charge in [0.05, 0.1) is 10.2 Å². The highest BCUT2D eigenvalue weighted by atomic mass is 79.9. The summed E-state index contributed by atoms with van der Waals surface area (Å²) in [5.41, 5.74) is 2.17. The molecular weight excluding hydrogens is 491 g/mol. The number of aryl methyl sites for hydroxylation is 1. The lowest BCUT2D eigenvalue weighted by atomic mass is 10.1. The smallest absolute Gasteiger partial charge is 0.336 e. The van der Waals surface area contributed by atoms with E-state index in [1.165, 1.54) is 24.3 Å². The van der Waals surface area contributed by atoms with Gasteiger partial charge in [0.2, 0.25) is 0 Å². The van der Waals surface area contributed by atoms with Crippen LogP contribution < -0.4 is 15.0 Å². The molecule has 1 N–H and O–H groups in total. The second-order valence-corrected chi connectivity index (χ2v) is 8.23. The molecule has 0 bridgehead atoms. The van der Waals surface area contributed by atoms with Crippen molar-refractivity contribution in [3.63, 3.8) is 0 Å². The standard InChI is InChI=1S/C25H18BrFN2O4/c1-15-6-8-16(9-7-15)14-33-22-11-10-17(13-19(22)26)12-18-23(30)28-25(32)29(24(18)31)21-5-3-2-4-20(21)27/h2-13H,14H2,1H3,(H,28,30,32)/b18-12-. The number of amides is 4. The van der Waals surface area contributed by atoms with Crippen molar-refractivity contribution in [3.05, 3.63) is 99.3 Å². The van der Waals surface area contributed by atoms with Crippen LogP contribution in [0.2, 0.25) is 0 Å². The van der Waals surface area contributed by atoms with Crippen LogP contribution in [0.1, 0.15) is 16.7 Å². The van der Waals surface area contributed by atoms with Crippen LogP contribution in [0.4, 0.5) is 14.9 Å². The Morgan fingerprint density at radius 3 is 2.45 bits per heavy atom. The van der Waals surface area contributed by atoms with E-state index in [4.69, 9.17) is 4.74 Å². The SMILES string of the molecule is Cc1ccc(COc2ccc(/C=C3/C(=O)NC(=O)N(c4ccccc4F)C3=O)cc2Br)cc1. The third-order valence-corrected chi connectivity index (χ3v) is 5.60. The zero-order valence-electron chi connectivity index (χ0n) is 17.5. The molecule has 1 heterocycles. The number of ether oxygens (including phenoxy) is 1. The van der Waals surface area contributed by atoms with E-state index in [0.29, 0.717) is 27.3 Å². The maximum Gasteiger partial charge on any atom is 0.336 e. The van der Waals surface area contributed by atoms with Crippen LogP contribution in [-0.4, -0.2) is 17.8 Å². The molecule has 0 unspecified atom stereocenters. The second kappa shape index (κ2) is 9.38. The first-order chi connectivity index (χ1) is 15.8. The van der Waals surface area contributed by atoms with Crippen molar-refractivity contribution in [3.8, 4) is 5.75 Å². The van der Waals surface area contributed by atoms with Crippen molar-refractivity contribution in [1.82, 2.24) is 5.32 Å². The number of nitrogens with zero attached hydrogens (tertiary/aromatic N) is 1. The number of anilines is 1. The summed E-state index contributed by atoms with van der Waals surface area (Å²) in [5.74, 6) is -1.94. The monoisotopic (exact) mass is 508 g/mol. The first kappa shape index (κ1) is 22.4. The van der Waals surface area contributed by atoms with Crippen molar-refractivity contribution >= 4 is 45.5 Å². The third-order valence-electron chi connectivity index (χ3n) is 4.98. The van der Waals surface area contributed by atoms with Gasteiger partial charge in [-0.25, -0.2) is 14.1 Å². The Morgan fingerprint density at radius 1 is 1.03 bits per heavy atom. The molecule has 4 amide bonds. The summed E-state index contributed by atoms with van der Waals surface area (Å²) in [6.07, 6.45) is 1.34.